The summed E-state index contributed by atoms with van der Waals surface area (Å²) in [6.07, 6.45) is -0.0587. The van der Waals surface area contributed by atoms with E-state index in [1.165, 1.54) is 24.3 Å². The number of hydrogen-bond donors (Lipinski definition) is 0. The van der Waals surface area contributed by atoms with Gasteiger partial charge >= 0.3 is 0 Å². The molecule has 2 aromatic rings. The second-order valence-corrected chi connectivity index (χ2v) is 10.7. The number of sulfone groups is 2. The molecule has 0 aliphatic rings. The molecule has 0 aliphatic carbocycles. The van der Waals surface area contributed by atoms with Crippen LogP contribution in [0.5, 0.6) is 0 Å². The molecule has 25 heavy (non-hydrogen) atoms. The maximum Gasteiger partial charge on any atom is 0.196 e. The van der Waals surface area contributed by atoms with Crippen LogP contribution in [0.2, 0.25) is 0 Å². The fraction of sp³-hybridized carbons (Fsp3) is 0.263. The first kappa shape index (κ1) is 19.4. The third-order valence-corrected chi connectivity index (χ3v) is 9.26. The Bertz CT molecular complexity index is 885. The van der Waals surface area contributed by atoms with Gasteiger partial charge < -0.3 is 0 Å². The molecule has 0 bridgehead atoms. The molecule has 0 unspecified atom stereocenters. The molecular formula is C19H22O4S2. The lowest BCUT2D eigenvalue weighted by atomic mass is 10.1. The average Bonchev–Trinajstić information content (AvgIpc) is 2.60. The van der Waals surface area contributed by atoms with Crippen molar-refractivity contribution in [3.8, 4) is 0 Å². The van der Waals surface area contributed by atoms with E-state index in [0.717, 1.165) is 11.1 Å². The second-order valence-electron chi connectivity index (χ2n) is 6.13. The van der Waals surface area contributed by atoms with Crippen molar-refractivity contribution in [3.05, 3.63) is 71.8 Å². The fourth-order valence-electron chi connectivity index (χ4n) is 2.36. The fourth-order valence-corrected chi connectivity index (χ4v) is 6.98. The molecule has 6 heteroatoms. The summed E-state index contributed by atoms with van der Waals surface area (Å²) in [7, 11) is -8.12. The highest BCUT2D eigenvalue weighted by Gasteiger charge is 2.39. The van der Waals surface area contributed by atoms with Crippen molar-refractivity contribution in [2.24, 2.45) is 0 Å². The highest BCUT2D eigenvalue weighted by atomic mass is 32.3. The molecule has 0 atom stereocenters. The zero-order valence-corrected chi connectivity index (χ0v) is 16.1. The van der Waals surface area contributed by atoms with E-state index in [-0.39, 0.29) is 16.2 Å². The summed E-state index contributed by atoms with van der Waals surface area (Å²) in [6.45, 7) is 5.46. The smallest absolute Gasteiger partial charge is 0.196 e. The Balaban J connectivity index is 2.65. The monoisotopic (exact) mass is 378 g/mol. The minimum Gasteiger partial charge on any atom is -0.222 e. The lowest BCUT2D eigenvalue weighted by Gasteiger charge is -2.19. The quantitative estimate of drug-likeness (QED) is 0.712. The molecule has 0 saturated heterocycles. The Labute approximate surface area is 150 Å². The molecule has 4 nitrogen and oxygen atoms in total. The standard InChI is InChI=1S/C19H22O4S2/c1-15(2)16(3)14-19(24(20,21)17-10-6-4-7-11-17)25(22,23)18-12-8-5-9-13-18/h4-13,19H,14H2,1-3H3. The predicted octanol–water partition coefficient (Wildman–Crippen LogP) is 4.01. The summed E-state index contributed by atoms with van der Waals surface area (Å²) in [6, 6.07) is 15.5. The molecule has 0 spiro atoms. The summed E-state index contributed by atoms with van der Waals surface area (Å²) in [5, 5.41) is 0. The summed E-state index contributed by atoms with van der Waals surface area (Å²) in [5.74, 6) is 0. The largest absolute Gasteiger partial charge is 0.222 e. The van der Waals surface area contributed by atoms with Gasteiger partial charge in [-0.3, -0.25) is 0 Å². The summed E-state index contributed by atoms with van der Waals surface area (Å²) >= 11 is 0. The van der Waals surface area contributed by atoms with Gasteiger partial charge in [0.05, 0.1) is 9.79 Å². The van der Waals surface area contributed by atoms with Gasteiger partial charge in [-0.05, 0) is 45.0 Å². The van der Waals surface area contributed by atoms with Crippen molar-refractivity contribution in [1.82, 2.24) is 0 Å². The first-order valence-corrected chi connectivity index (χ1v) is 11.0. The number of allylic oxidation sites excluding steroid dienone is 2. The molecule has 0 aromatic heterocycles. The number of benzene rings is 2. The van der Waals surface area contributed by atoms with Gasteiger partial charge in [-0.1, -0.05) is 47.5 Å². The van der Waals surface area contributed by atoms with E-state index in [2.05, 4.69) is 0 Å². The van der Waals surface area contributed by atoms with Gasteiger partial charge in [0, 0.05) is 6.42 Å². The van der Waals surface area contributed by atoms with E-state index in [0.29, 0.717) is 0 Å². The SMILES string of the molecule is CC(C)=C(C)CC(S(=O)(=O)c1ccccc1)S(=O)(=O)c1ccccc1. The first-order valence-electron chi connectivity index (χ1n) is 7.88. The van der Waals surface area contributed by atoms with Gasteiger partial charge in [-0.2, -0.15) is 0 Å². The van der Waals surface area contributed by atoms with E-state index < -0.39 is 24.3 Å². The van der Waals surface area contributed by atoms with E-state index in [1.54, 1.807) is 43.3 Å². The Hall–Kier alpha value is -1.92. The third-order valence-electron chi connectivity index (χ3n) is 4.16. The van der Waals surface area contributed by atoms with Gasteiger partial charge in [0.1, 0.15) is 0 Å². The summed E-state index contributed by atoms with van der Waals surface area (Å²) < 4.78 is 50.9. The minimum absolute atomic E-state index is 0.0149. The molecule has 0 aliphatic heterocycles. The second kappa shape index (κ2) is 7.54. The van der Waals surface area contributed by atoms with Crippen LogP contribution < -0.4 is 0 Å². The van der Waals surface area contributed by atoms with Crippen LogP contribution in [0.25, 0.3) is 0 Å². The molecule has 0 heterocycles. The normalized spacial score (nSPS) is 12.2. The van der Waals surface area contributed by atoms with Gasteiger partial charge in [-0.25, -0.2) is 16.8 Å². The van der Waals surface area contributed by atoms with Crippen molar-refractivity contribution in [2.45, 2.75) is 41.6 Å². The maximum atomic E-state index is 13.1. The van der Waals surface area contributed by atoms with Gasteiger partial charge in [0.25, 0.3) is 0 Å². The molecule has 0 fully saturated rings. The molecule has 2 aromatic carbocycles. The Morgan fingerprint density at radius 2 is 1.08 bits per heavy atom. The van der Waals surface area contributed by atoms with Crippen LogP contribution in [0, 0.1) is 0 Å². The third kappa shape index (κ3) is 4.19. The highest BCUT2D eigenvalue weighted by molar-refractivity contribution is 8.09. The zero-order chi connectivity index (χ0) is 18.7. The molecular weight excluding hydrogens is 356 g/mol. The van der Waals surface area contributed by atoms with Crippen molar-refractivity contribution < 1.29 is 16.8 Å². The van der Waals surface area contributed by atoms with Crippen molar-refractivity contribution in [2.75, 3.05) is 0 Å². The van der Waals surface area contributed by atoms with Crippen LogP contribution >= 0.6 is 0 Å². The van der Waals surface area contributed by atoms with Crippen LogP contribution in [0.3, 0.4) is 0 Å². The molecule has 0 saturated carbocycles. The van der Waals surface area contributed by atoms with Crippen molar-refractivity contribution >= 4 is 19.7 Å². The summed E-state index contributed by atoms with van der Waals surface area (Å²) in [5.41, 5.74) is 1.67. The van der Waals surface area contributed by atoms with E-state index in [4.69, 9.17) is 0 Å². The Morgan fingerprint density at radius 1 is 0.720 bits per heavy atom. The van der Waals surface area contributed by atoms with E-state index >= 15 is 0 Å². The van der Waals surface area contributed by atoms with Crippen LogP contribution in [0.1, 0.15) is 27.2 Å². The van der Waals surface area contributed by atoms with E-state index in [1.807, 2.05) is 13.8 Å². The van der Waals surface area contributed by atoms with E-state index in [9.17, 15) is 16.8 Å². The Morgan fingerprint density at radius 3 is 1.40 bits per heavy atom. The number of rotatable bonds is 6. The van der Waals surface area contributed by atoms with Crippen molar-refractivity contribution in [1.29, 1.82) is 0 Å². The maximum absolute atomic E-state index is 13.1. The molecule has 134 valence electrons. The molecule has 0 amide bonds. The van der Waals surface area contributed by atoms with Gasteiger partial charge in [0.15, 0.2) is 24.3 Å². The van der Waals surface area contributed by atoms with Crippen molar-refractivity contribution in [3.63, 3.8) is 0 Å². The Kier molecular flexibility index (Phi) is 5.85. The molecule has 2 rings (SSSR count). The van der Waals surface area contributed by atoms with Crippen LogP contribution in [0.15, 0.2) is 81.6 Å². The zero-order valence-electron chi connectivity index (χ0n) is 14.5. The highest BCUT2D eigenvalue weighted by Crippen LogP contribution is 2.30. The molecule has 0 radical (unpaired) electrons. The van der Waals surface area contributed by atoms with Gasteiger partial charge in [0.2, 0.25) is 0 Å². The van der Waals surface area contributed by atoms with Crippen LogP contribution in [-0.4, -0.2) is 21.4 Å². The van der Waals surface area contributed by atoms with Crippen LogP contribution in [0.4, 0.5) is 0 Å². The minimum atomic E-state index is -4.06. The molecule has 0 N–H and O–H groups in total. The van der Waals surface area contributed by atoms with Gasteiger partial charge in [-0.15, -0.1) is 0 Å². The number of hydrogen-bond acceptors (Lipinski definition) is 4. The lowest BCUT2D eigenvalue weighted by molar-refractivity contribution is 0.572. The average molecular weight is 379 g/mol. The summed E-state index contributed by atoms with van der Waals surface area (Å²) in [4.78, 5) is 0.0297. The van der Waals surface area contributed by atoms with Crippen LogP contribution in [-0.2, 0) is 19.7 Å². The lowest BCUT2D eigenvalue weighted by Crippen LogP contribution is -2.31. The topological polar surface area (TPSA) is 68.3 Å². The first-order chi connectivity index (χ1) is 11.7. The predicted molar refractivity (Wildman–Crippen MR) is 99.7 cm³/mol.